The van der Waals surface area contributed by atoms with Crippen LogP contribution in [0.3, 0.4) is 0 Å². The number of nitro groups is 1. The SMILES string of the molecule is COc1ccc(C)cc1NCC(=O)Nc1cc(C)c(C)cc1[N+](=O)[O-]. The molecule has 0 aliphatic carbocycles. The highest BCUT2D eigenvalue weighted by atomic mass is 16.6. The first-order valence-corrected chi connectivity index (χ1v) is 7.76. The Balaban J connectivity index is 2.12. The van der Waals surface area contributed by atoms with Crippen LogP contribution in [0.1, 0.15) is 16.7 Å². The van der Waals surface area contributed by atoms with E-state index in [0.717, 1.165) is 16.7 Å². The van der Waals surface area contributed by atoms with Gasteiger partial charge in [0.2, 0.25) is 5.91 Å². The second kappa shape index (κ2) is 7.65. The van der Waals surface area contributed by atoms with Crippen molar-refractivity contribution in [2.45, 2.75) is 20.8 Å². The number of aryl methyl sites for hydroxylation is 3. The molecule has 2 aromatic carbocycles. The third-order valence-corrected chi connectivity index (χ3v) is 3.88. The van der Waals surface area contributed by atoms with E-state index in [1.807, 2.05) is 32.0 Å². The van der Waals surface area contributed by atoms with Crippen LogP contribution in [0, 0.1) is 30.9 Å². The lowest BCUT2D eigenvalue weighted by Gasteiger charge is -2.13. The molecule has 1 amide bonds. The molecular formula is C18H21N3O4. The highest BCUT2D eigenvalue weighted by molar-refractivity contribution is 5.96. The van der Waals surface area contributed by atoms with Crippen molar-refractivity contribution in [2.75, 3.05) is 24.3 Å². The van der Waals surface area contributed by atoms with Gasteiger partial charge in [0.25, 0.3) is 5.69 Å². The summed E-state index contributed by atoms with van der Waals surface area (Å²) in [4.78, 5) is 22.9. The Morgan fingerprint density at radius 2 is 1.80 bits per heavy atom. The number of carbonyl (C=O) groups is 1. The molecule has 0 unspecified atom stereocenters. The van der Waals surface area contributed by atoms with E-state index < -0.39 is 4.92 Å². The average Bonchev–Trinajstić information content (AvgIpc) is 2.56. The third kappa shape index (κ3) is 4.47. The average molecular weight is 343 g/mol. The number of carbonyl (C=O) groups excluding carboxylic acids is 1. The largest absolute Gasteiger partial charge is 0.495 e. The van der Waals surface area contributed by atoms with Crippen LogP contribution in [0.15, 0.2) is 30.3 Å². The van der Waals surface area contributed by atoms with Gasteiger partial charge in [-0.1, -0.05) is 6.07 Å². The summed E-state index contributed by atoms with van der Waals surface area (Å²) in [5.74, 6) is 0.241. The summed E-state index contributed by atoms with van der Waals surface area (Å²) in [6, 6.07) is 8.65. The zero-order valence-corrected chi connectivity index (χ0v) is 14.7. The van der Waals surface area contributed by atoms with Gasteiger partial charge >= 0.3 is 0 Å². The Labute approximate surface area is 146 Å². The minimum Gasteiger partial charge on any atom is -0.495 e. The van der Waals surface area contributed by atoms with Crippen LogP contribution in [0.25, 0.3) is 0 Å². The minimum absolute atomic E-state index is 0.0378. The number of nitro benzene ring substituents is 1. The Bertz CT molecular complexity index is 818. The van der Waals surface area contributed by atoms with Crippen LogP contribution in [0.5, 0.6) is 5.75 Å². The molecule has 7 heteroatoms. The van der Waals surface area contributed by atoms with Crippen molar-refractivity contribution in [3.63, 3.8) is 0 Å². The number of rotatable bonds is 6. The van der Waals surface area contributed by atoms with E-state index in [4.69, 9.17) is 4.74 Å². The van der Waals surface area contributed by atoms with Gasteiger partial charge in [0, 0.05) is 6.07 Å². The van der Waals surface area contributed by atoms with Crippen molar-refractivity contribution in [1.29, 1.82) is 0 Å². The minimum atomic E-state index is -0.501. The Hall–Kier alpha value is -3.09. The monoisotopic (exact) mass is 343 g/mol. The molecule has 0 aliphatic heterocycles. The second-order valence-electron chi connectivity index (χ2n) is 5.82. The molecule has 0 fully saturated rings. The van der Waals surface area contributed by atoms with Crippen molar-refractivity contribution >= 4 is 23.0 Å². The fourth-order valence-electron chi connectivity index (χ4n) is 2.38. The zero-order chi connectivity index (χ0) is 18.6. The van der Waals surface area contributed by atoms with Crippen LogP contribution in [0.2, 0.25) is 0 Å². The lowest BCUT2D eigenvalue weighted by molar-refractivity contribution is -0.384. The summed E-state index contributed by atoms with van der Waals surface area (Å²) in [5, 5.41) is 16.8. The first-order valence-electron chi connectivity index (χ1n) is 7.76. The number of nitrogens with zero attached hydrogens (tertiary/aromatic N) is 1. The van der Waals surface area contributed by atoms with Crippen LogP contribution in [-0.2, 0) is 4.79 Å². The summed E-state index contributed by atoms with van der Waals surface area (Å²) in [5.41, 5.74) is 3.45. The van der Waals surface area contributed by atoms with Crippen LogP contribution in [0.4, 0.5) is 17.1 Å². The van der Waals surface area contributed by atoms with Crippen molar-refractivity contribution in [3.8, 4) is 5.75 Å². The fraction of sp³-hybridized carbons (Fsp3) is 0.278. The number of hydrogen-bond acceptors (Lipinski definition) is 5. The number of methoxy groups -OCH3 is 1. The van der Waals surface area contributed by atoms with Gasteiger partial charge in [-0.15, -0.1) is 0 Å². The number of ether oxygens (including phenoxy) is 1. The maximum atomic E-state index is 12.2. The molecule has 25 heavy (non-hydrogen) atoms. The number of anilines is 2. The summed E-state index contributed by atoms with van der Waals surface area (Å²) in [6.45, 7) is 5.52. The summed E-state index contributed by atoms with van der Waals surface area (Å²) >= 11 is 0. The van der Waals surface area contributed by atoms with E-state index in [2.05, 4.69) is 10.6 Å². The maximum absolute atomic E-state index is 12.2. The lowest BCUT2D eigenvalue weighted by atomic mass is 10.1. The summed E-state index contributed by atoms with van der Waals surface area (Å²) < 4.78 is 5.25. The quantitative estimate of drug-likeness (QED) is 0.618. The topological polar surface area (TPSA) is 93.5 Å². The first-order chi connectivity index (χ1) is 11.8. The van der Waals surface area contributed by atoms with Crippen molar-refractivity contribution in [1.82, 2.24) is 0 Å². The van der Waals surface area contributed by atoms with Gasteiger partial charge in [0.05, 0.1) is 24.3 Å². The van der Waals surface area contributed by atoms with E-state index in [0.29, 0.717) is 11.4 Å². The predicted molar refractivity (Wildman–Crippen MR) is 97.4 cm³/mol. The molecule has 0 saturated heterocycles. The van der Waals surface area contributed by atoms with Gasteiger partial charge in [-0.05, 0) is 55.7 Å². The van der Waals surface area contributed by atoms with E-state index in [1.165, 1.54) is 6.07 Å². The van der Waals surface area contributed by atoms with Gasteiger partial charge in [-0.3, -0.25) is 14.9 Å². The molecule has 0 saturated carbocycles. The van der Waals surface area contributed by atoms with Crippen LogP contribution < -0.4 is 15.4 Å². The van der Waals surface area contributed by atoms with Gasteiger partial charge < -0.3 is 15.4 Å². The number of nitrogens with one attached hydrogen (secondary N) is 2. The molecule has 0 spiro atoms. The fourth-order valence-corrected chi connectivity index (χ4v) is 2.38. The molecule has 2 rings (SSSR count). The molecule has 0 aliphatic rings. The Morgan fingerprint density at radius 1 is 1.12 bits per heavy atom. The predicted octanol–water partition coefficient (Wildman–Crippen LogP) is 3.58. The molecule has 2 aromatic rings. The lowest BCUT2D eigenvalue weighted by Crippen LogP contribution is -2.22. The smallest absolute Gasteiger partial charge is 0.293 e. The zero-order valence-electron chi connectivity index (χ0n) is 14.7. The van der Waals surface area contributed by atoms with Crippen molar-refractivity contribution < 1.29 is 14.5 Å². The molecule has 0 radical (unpaired) electrons. The molecule has 0 atom stereocenters. The number of benzene rings is 2. The van der Waals surface area contributed by atoms with Crippen molar-refractivity contribution in [3.05, 3.63) is 57.1 Å². The second-order valence-corrected chi connectivity index (χ2v) is 5.82. The standard InChI is InChI=1S/C18H21N3O4/c1-11-5-6-17(25-4)15(7-11)19-10-18(22)20-14-8-12(2)13(3)9-16(14)21(23)24/h5-9,19H,10H2,1-4H3,(H,20,22). The van der Waals surface area contributed by atoms with Gasteiger partial charge in [0.15, 0.2) is 0 Å². The maximum Gasteiger partial charge on any atom is 0.293 e. The Morgan fingerprint density at radius 3 is 2.44 bits per heavy atom. The van der Waals surface area contributed by atoms with Crippen LogP contribution in [-0.4, -0.2) is 24.5 Å². The van der Waals surface area contributed by atoms with E-state index in [9.17, 15) is 14.9 Å². The molecular weight excluding hydrogens is 322 g/mol. The van der Waals surface area contributed by atoms with Gasteiger partial charge in [-0.2, -0.15) is 0 Å². The molecule has 132 valence electrons. The van der Waals surface area contributed by atoms with E-state index in [1.54, 1.807) is 20.1 Å². The molecule has 0 heterocycles. The summed E-state index contributed by atoms with van der Waals surface area (Å²) in [7, 11) is 1.55. The van der Waals surface area contributed by atoms with E-state index in [-0.39, 0.29) is 23.8 Å². The summed E-state index contributed by atoms with van der Waals surface area (Å²) in [6.07, 6.45) is 0. The van der Waals surface area contributed by atoms with E-state index >= 15 is 0 Å². The van der Waals surface area contributed by atoms with Gasteiger partial charge in [0.1, 0.15) is 11.4 Å². The molecule has 0 aromatic heterocycles. The Kier molecular flexibility index (Phi) is 5.59. The molecule has 0 bridgehead atoms. The highest BCUT2D eigenvalue weighted by Crippen LogP contribution is 2.28. The number of amides is 1. The third-order valence-electron chi connectivity index (χ3n) is 3.88. The van der Waals surface area contributed by atoms with Gasteiger partial charge in [-0.25, -0.2) is 0 Å². The highest BCUT2D eigenvalue weighted by Gasteiger charge is 2.17. The first kappa shape index (κ1) is 18.3. The number of hydrogen-bond donors (Lipinski definition) is 2. The molecule has 7 nitrogen and oxygen atoms in total. The van der Waals surface area contributed by atoms with Crippen LogP contribution >= 0.6 is 0 Å². The normalized spacial score (nSPS) is 10.2. The molecule has 2 N–H and O–H groups in total. The van der Waals surface area contributed by atoms with Crippen molar-refractivity contribution in [2.24, 2.45) is 0 Å².